The fourth-order valence-electron chi connectivity index (χ4n) is 3.14. The first-order valence-electron chi connectivity index (χ1n) is 8.18. The Hall–Kier alpha value is -1.59. The van der Waals surface area contributed by atoms with E-state index in [1.807, 2.05) is 20.8 Å². The second-order valence-electron chi connectivity index (χ2n) is 7.58. The molecule has 2 aliphatic heterocycles. The van der Waals surface area contributed by atoms with Crippen LogP contribution in [-0.4, -0.2) is 47.0 Å². The van der Waals surface area contributed by atoms with E-state index in [0.717, 1.165) is 18.7 Å². The van der Waals surface area contributed by atoms with Gasteiger partial charge in [-0.3, -0.25) is 9.79 Å². The monoisotopic (exact) mass is 307 g/mol. The van der Waals surface area contributed by atoms with E-state index in [0.29, 0.717) is 31.8 Å². The van der Waals surface area contributed by atoms with Gasteiger partial charge in [-0.2, -0.15) is 0 Å². The minimum atomic E-state index is -0.649. The van der Waals surface area contributed by atoms with Crippen molar-refractivity contribution >= 4 is 17.8 Å². The van der Waals surface area contributed by atoms with E-state index < -0.39 is 11.1 Å². The predicted molar refractivity (Wildman–Crippen MR) is 82.7 cm³/mol. The molecule has 0 atom stereocenters. The molecular formula is C16H25N3O3. The van der Waals surface area contributed by atoms with Gasteiger partial charge >= 0.3 is 6.09 Å². The van der Waals surface area contributed by atoms with E-state index >= 15 is 0 Å². The first kappa shape index (κ1) is 15.3. The van der Waals surface area contributed by atoms with Crippen LogP contribution < -0.4 is 5.32 Å². The summed E-state index contributed by atoms with van der Waals surface area (Å²) < 4.78 is 5.39. The Kier molecular flexibility index (Phi) is 3.65. The molecule has 1 N–H and O–H groups in total. The second-order valence-corrected chi connectivity index (χ2v) is 7.58. The van der Waals surface area contributed by atoms with Crippen molar-refractivity contribution in [1.29, 1.82) is 0 Å². The van der Waals surface area contributed by atoms with Gasteiger partial charge in [0.25, 0.3) is 5.91 Å². The van der Waals surface area contributed by atoms with E-state index in [9.17, 15) is 9.59 Å². The summed E-state index contributed by atoms with van der Waals surface area (Å²) in [6.07, 6.45) is 4.32. The lowest BCUT2D eigenvalue weighted by Crippen LogP contribution is -2.51. The molecule has 1 spiro atoms. The molecule has 0 aromatic heterocycles. The molecule has 2 fully saturated rings. The van der Waals surface area contributed by atoms with Crippen LogP contribution in [-0.2, 0) is 9.53 Å². The number of carbonyl (C=O) groups excluding carboxylic acids is 2. The summed E-state index contributed by atoms with van der Waals surface area (Å²) in [5, 5.41) is 2.98. The average molecular weight is 307 g/mol. The molecule has 0 aromatic carbocycles. The molecule has 2 heterocycles. The summed E-state index contributed by atoms with van der Waals surface area (Å²) in [5.74, 6) is 1.33. The van der Waals surface area contributed by atoms with Crippen LogP contribution in [0.1, 0.15) is 52.9 Å². The van der Waals surface area contributed by atoms with Crippen molar-refractivity contribution in [3.8, 4) is 0 Å². The molecule has 1 aliphatic carbocycles. The molecule has 6 heteroatoms. The van der Waals surface area contributed by atoms with Crippen molar-refractivity contribution in [3.63, 3.8) is 0 Å². The Morgan fingerprint density at radius 3 is 2.45 bits per heavy atom. The third-order valence-corrected chi connectivity index (χ3v) is 4.73. The number of amidine groups is 1. The van der Waals surface area contributed by atoms with Gasteiger partial charge in [0.1, 0.15) is 17.0 Å². The fraction of sp³-hybridized carbons (Fsp3) is 0.812. The molecule has 0 aromatic rings. The average Bonchev–Trinajstić information content (AvgIpc) is 2.63. The first-order valence-corrected chi connectivity index (χ1v) is 8.18. The van der Waals surface area contributed by atoms with E-state index in [2.05, 4.69) is 5.32 Å². The summed E-state index contributed by atoms with van der Waals surface area (Å²) in [5.41, 5.74) is -1.14. The molecule has 1 saturated carbocycles. The highest BCUT2D eigenvalue weighted by Gasteiger charge is 2.48. The standard InChI is InChI=1S/C16H25N3O3/c1-15(2,3)22-14(21)19-9-7-16(8-10-19)13(20)17-12(18-16)11-5-4-6-11/h11H,4-10H2,1-3H3,(H,17,18,20). The summed E-state index contributed by atoms with van der Waals surface area (Å²) in [6, 6.07) is 0. The van der Waals surface area contributed by atoms with Gasteiger partial charge in [-0.1, -0.05) is 6.42 Å². The molecule has 3 rings (SSSR count). The van der Waals surface area contributed by atoms with Crippen molar-refractivity contribution in [2.75, 3.05) is 13.1 Å². The quantitative estimate of drug-likeness (QED) is 0.806. The Labute approximate surface area is 131 Å². The molecule has 122 valence electrons. The number of hydrogen-bond donors (Lipinski definition) is 1. The van der Waals surface area contributed by atoms with Crippen molar-refractivity contribution in [2.45, 2.75) is 64.0 Å². The number of hydrogen-bond acceptors (Lipinski definition) is 4. The predicted octanol–water partition coefficient (Wildman–Crippen LogP) is 2.08. The number of likely N-dealkylation sites (tertiary alicyclic amines) is 1. The number of piperidine rings is 1. The van der Waals surface area contributed by atoms with Gasteiger partial charge in [0.15, 0.2) is 0 Å². The SMILES string of the molecule is CC(C)(C)OC(=O)N1CCC2(CC1)N=C(C1CCC1)NC2=O. The lowest BCUT2D eigenvalue weighted by molar-refractivity contribution is -0.125. The topological polar surface area (TPSA) is 71.0 Å². The summed E-state index contributed by atoms with van der Waals surface area (Å²) in [6.45, 7) is 6.61. The van der Waals surface area contributed by atoms with Crippen molar-refractivity contribution in [2.24, 2.45) is 10.9 Å². The molecule has 0 unspecified atom stereocenters. The highest BCUT2D eigenvalue weighted by Crippen LogP contribution is 2.35. The summed E-state index contributed by atoms with van der Waals surface area (Å²) >= 11 is 0. The van der Waals surface area contributed by atoms with Crippen LogP contribution >= 0.6 is 0 Å². The Morgan fingerprint density at radius 2 is 1.95 bits per heavy atom. The first-order chi connectivity index (χ1) is 10.3. The van der Waals surface area contributed by atoms with E-state index in [1.165, 1.54) is 6.42 Å². The number of aliphatic imine (C=N–C) groups is 1. The van der Waals surface area contributed by atoms with Crippen molar-refractivity contribution in [3.05, 3.63) is 0 Å². The summed E-state index contributed by atoms with van der Waals surface area (Å²) in [7, 11) is 0. The smallest absolute Gasteiger partial charge is 0.410 e. The zero-order valence-electron chi connectivity index (χ0n) is 13.6. The maximum Gasteiger partial charge on any atom is 0.410 e. The lowest BCUT2D eigenvalue weighted by atomic mass is 9.84. The Balaban J connectivity index is 1.62. The number of nitrogens with zero attached hydrogens (tertiary/aromatic N) is 2. The molecule has 2 amide bonds. The molecule has 0 bridgehead atoms. The number of amides is 2. The number of rotatable bonds is 1. The number of ether oxygens (including phenoxy) is 1. The normalized spacial score (nSPS) is 24.8. The Morgan fingerprint density at radius 1 is 1.32 bits per heavy atom. The van der Waals surface area contributed by atoms with Crippen LogP contribution in [0.5, 0.6) is 0 Å². The lowest BCUT2D eigenvalue weighted by Gasteiger charge is -2.36. The van der Waals surface area contributed by atoms with E-state index in [1.54, 1.807) is 4.90 Å². The fourth-order valence-corrected chi connectivity index (χ4v) is 3.14. The molecule has 0 radical (unpaired) electrons. The third kappa shape index (κ3) is 2.83. The Bertz CT molecular complexity index is 509. The van der Waals surface area contributed by atoms with Crippen LogP contribution in [0.4, 0.5) is 4.79 Å². The van der Waals surface area contributed by atoms with Crippen LogP contribution in [0.15, 0.2) is 4.99 Å². The van der Waals surface area contributed by atoms with Gasteiger partial charge in [0.05, 0.1) is 0 Å². The van der Waals surface area contributed by atoms with E-state index in [4.69, 9.17) is 9.73 Å². The zero-order valence-corrected chi connectivity index (χ0v) is 13.6. The molecule has 6 nitrogen and oxygen atoms in total. The maximum absolute atomic E-state index is 12.4. The van der Waals surface area contributed by atoms with Crippen molar-refractivity contribution in [1.82, 2.24) is 10.2 Å². The highest BCUT2D eigenvalue weighted by atomic mass is 16.6. The molecule has 22 heavy (non-hydrogen) atoms. The zero-order chi connectivity index (χ0) is 16.0. The van der Waals surface area contributed by atoms with E-state index in [-0.39, 0.29) is 12.0 Å². The van der Waals surface area contributed by atoms with Gasteiger partial charge in [-0.25, -0.2) is 4.79 Å². The van der Waals surface area contributed by atoms with Crippen LogP contribution in [0.2, 0.25) is 0 Å². The van der Waals surface area contributed by atoms with Gasteiger partial charge < -0.3 is 15.0 Å². The van der Waals surface area contributed by atoms with Crippen LogP contribution in [0, 0.1) is 5.92 Å². The van der Waals surface area contributed by atoms with Gasteiger partial charge in [-0.05, 0) is 46.5 Å². The third-order valence-electron chi connectivity index (χ3n) is 4.73. The molecule has 3 aliphatic rings. The molecular weight excluding hydrogens is 282 g/mol. The maximum atomic E-state index is 12.4. The van der Waals surface area contributed by atoms with Gasteiger partial charge in [-0.15, -0.1) is 0 Å². The number of carbonyl (C=O) groups is 2. The van der Waals surface area contributed by atoms with Gasteiger partial charge in [0, 0.05) is 19.0 Å². The van der Waals surface area contributed by atoms with Gasteiger partial charge in [0.2, 0.25) is 0 Å². The number of nitrogens with one attached hydrogen (secondary N) is 1. The summed E-state index contributed by atoms with van der Waals surface area (Å²) in [4.78, 5) is 30.9. The highest BCUT2D eigenvalue weighted by molar-refractivity contribution is 6.09. The minimum Gasteiger partial charge on any atom is -0.444 e. The van der Waals surface area contributed by atoms with Crippen LogP contribution in [0.3, 0.4) is 0 Å². The minimum absolute atomic E-state index is 0.0123. The van der Waals surface area contributed by atoms with Crippen LogP contribution in [0.25, 0.3) is 0 Å². The van der Waals surface area contributed by atoms with Crippen molar-refractivity contribution < 1.29 is 14.3 Å². The largest absolute Gasteiger partial charge is 0.444 e. The second kappa shape index (κ2) is 5.25. The molecule has 1 saturated heterocycles.